The number of nitrogens with zero attached hydrogens (tertiary/aromatic N) is 1. The second kappa shape index (κ2) is 7.82. The Morgan fingerprint density at radius 2 is 1.86 bits per heavy atom. The molecule has 1 aromatic carbocycles. The van der Waals surface area contributed by atoms with Crippen molar-refractivity contribution in [3.63, 3.8) is 0 Å². The van der Waals surface area contributed by atoms with Crippen molar-refractivity contribution in [1.29, 1.82) is 0 Å². The summed E-state index contributed by atoms with van der Waals surface area (Å²) in [6.07, 6.45) is 0.784. The van der Waals surface area contributed by atoms with Crippen LogP contribution in [0.5, 0.6) is 5.75 Å². The van der Waals surface area contributed by atoms with Gasteiger partial charge in [-0.1, -0.05) is 18.2 Å². The van der Waals surface area contributed by atoms with Crippen molar-refractivity contribution in [3.8, 4) is 5.75 Å². The maximum absolute atomic E-state index is 12.4. The number of hydrogen-bond donors (Lipinski definition) is 0. The van der Waals surface area contributed by atoms with Gasteiger partial charge < -0.3 is 14.4 Å². The highest BCUT2D eigenvalue weighted by atomic mass is 16.5. The van der Waals surface area contributed by atoms with Crippen molar-refractivity contribution >= 4 is 11.9 Å². The highest BCUT2D eigenvalue weighted by molar-refractivity contribution is 5.81. The Kier molecular flexibility index (Phi) is 5.81. The number of benzene rings is 1. The lowest BCUT2D eigenvalue weighted by molar-refractivity contribution is -0.152. The SMILES string of the molecule is CCOC(=O)C1CCN(C(=O)[C@@H](C)Oc2ccccc2)CC1. The average Bonchev–Trinajstić information content (AvgIpc) is 2.55. The van der Waals surface area contributed by atoms with Gasteiger partial charge in [0.15, 0.2) is 6.10 Å². The molecule has 1 saturated heterocycles. The number of rotatable bonds is 5. The number of hydrogen-bond acceptors (Lipinski definition) is 4. The largest absolute Gasteiger partial charge is 0.481 e. The van der Waals surface area contributed by atoms with E-state index in [9.17, 15) is 9.59 Å². The molecule has 22 heavy (non-hydrogen) atoms. The molecule has 5 nitrogen and oxygen atoms in total. The predicted octanol–water partition coefficient (Wildman–Crippen LogP) is 2.26. The van der Waals surface area contributed by atoms with E-state index in [0.717, 1.165) is 0 Å². The van der Waals surface area contributed by atoms with Crippen LogP contribution in [0.1, 0.15) is 26.7 Å². The molecule has 0 aromatic heterocycles. The van der Waals surface area contributed by atoms with Crippen molar-refractivity contribution in [1.82, 2.24) is 4.90 Å². The van der Waals surface area contributed by atoms with Crippen LogP contribution in [0.25, 0.3) is 0 Å². The smallest absolute Gasteiger partial charge is 0.309 e. The van der Waals surface area contributed by atoms with Gasteiger partial charge in [0.05, 0.1) is 12.5 Å². The van der Waals surface area contributed by atoms with Gasteiger partial charge >= 0.3 is 5.97 Å². The summed E-state index contributed by atoms with van der Waals surface area (Å²) in [5.74, 6) is 0.411. The van der Waals surface area contributed by atoms with Gasteiger partial charge in [-0.3, -0.25) is 9.59 Å². The van der Waals surface area contributed by atoms with E-state index < -0.39 is 6.10 Å². The Morgan fingerprint density at radius 3 is 2.45 bits per heavy atom. The average molecular weight is 305 g/mol. The second-order valence-corrected chi connectivity index (χ2v) is 5.42. The highest BCUT2D eigenvalue weighted by Crippen LogP contribution is 2.20. The fourth-order valence-electron chi connectivity index (χ4n) is 2.61. The van der Waals surface area contributed by atoms with Crippen molar-refractivity contribution in [2.75, 3.05) is 19.7 Å². The minimum Gasteiger partial charge on any atom is -0.481 e. The van der Waals surface area contributed by atoms with E-state index in [4.69, 9.17) is 9.47 Å². The standard InChI is InChI=1S/C17H23NO4/c1-3-21-17(20)14-9-11-18(12-10-14)16(19)13(2)22-15-7-5-4-6-8-15/h4-8,13-14H,3,9-12H2,1-2H3/t13-/m1/s1. The third-order valence-electron chi connectivity index (χ3n) is 3.83. The Morgan fingerprint density at radius 1 is 1.23 bits per heavy atom. The Labute approximate surface area is 131 Å². The zero-order chi connectivity index (χ0) is 15.9. The van der Waals surface area contributed by atoms with E-state index in [-0.39, 0.29) is 17.8 Å². The topological polar surface area (TPSA) is 55.8 Å². The maximum atomic E-state index is 12.4. The van der Waals surface area contributed by atoms with E-state index in [1.165, 1.54) is 0 Å². The molecule has 1 fully saturated rings. The Balaban J connectivity index is 1.83. The molecule has 0 bridgehead atoms. The molecule has 5 heteroatoms. The molecule has 1 aromatic rings. The molecule has 0 spiro atoms. The molecule has 1 amide bonds. The molecule has 0 saturated carbocycles. The first kappa shape index (κ1) is 16.3. The maximum Gasteiger partial charge on any atom is 0.309 e. The van der Waals surface area contributed by atoms with Crippen LogP contribution in [0.3, 0.4) is 0 Å². The number of likely N-dealkylation sites (tertiary alicyclic amines) is 1. The summed E-state index contributed by atoms with van der Waals surface area (Å²) in [7, 11) is 0. The van der Waals surface area contributed by atoms with Crippen LogP contribution in [0.2, 0.25) is 0 Å². The molecule has 0 aliphatic carbocycles. The van der Waals surface area contributed by atoms with Gasteiger partial charge in [-0.15, -0.1) is 0 Å². The number of para-hydroxylation sites is 1. The molecular weight excluding hydrogens is 282 g/mol. The van der Waals surface area contributed by atoms with Gasteiger partial charge in [-0.2, -0.15) is 0 Å². The third-order valence-corrected chi connectivity index (χ3v) is 3.83. The van der Waals surface area contributed by atoms with Crippen LogP contribution in [0.4, 0.5) is 0 Å². The summed E-state index contributed by atoms with van der Waals surface area (Å²) in [6, 6.07) is 9.31. The van der Waals surface area contributed by atoms with Crippen LogP contribution in [0.15, 0.2) is 30.3 Å². The fourth-order valence-corrected chi connectivity index (χ4v) is 2.61. The summed E-state index contributed by atoms with van der Waals surface area (Å²) in [5, 5.41) is 0. The van der Waals surface area contributed by atoms with Crippen LogP contribution in [0, 0.1) is 5.92 Å². The monoisotopic (exact) mass is 305 g/mol. The number of esters is 1. The van der Waals surface area contributed by atoms with Crippen LogP contribution in [-0.4, -0.2) is 42.6 Å². The van der Waals surface area contributed by atoms with Gasteiger partial charge in [0.25, 0.3) is 5.91 Å². The first-order valence-electron chi connectivity index (χ1n) is 7.79. The molecule has 2 rings (SSSR count). The molecule has 1 heterocycles. The number of carbonyl (C=O) groups excluding carboxylic acids is 2. The highest BCUT2D eigenvalue weighted by Gasteiger charge is 2.30. The predicted molar refractivity (Wildman–Crippen MR) is 82.5 cm³/mol. The van der Waals surface area contributed by atoms with E-state index in [1.807, 2.05) is 30.3 Å². The van der Waals surface area contributed by atoms with Crippen LogP contribution < -0.4 is 4.74 Å². The molecule has 0 N–H and O–H groups in total. The van der Waals surface area contributed by atoms with Crippen molar-refractivity contribution in [3.05, 3.63) is 30.3 Å². The quantitative estimate of drug-likeness (QED) is 0.783. The minimum atomic E-state index is -0.526. The first-order chi connectivity index (χ1) is 10.6. The van der Waals surface area contributed by atoms with Crippen molar-refractivity contribution < 1.29 is 19.1 Å². The van der Waals surface area contributed by atoms with E-state index in [0.29, 0.717) is 38.3 Å². The first-order valence-corrected chi connectivity index (χ1v) is 7.79. The zero-order valence-electron chi connectivity index (χ0n) is 13.2. The third kappa shape index (κ3) is 4.23. The zero-order valence-corrected chi connectivity index (χ0v) is 13.2. The molecule has 0 radical (unpaired) electrons. The summed E-state index contributed by atoms with van der Waals surface area (Å²) in [5.41, 5.74) is 0. The summed E-state index contributed by atoms with van der Waals surface area (Å²) in [6.45, 7) is 5.11. The molecule has 120 valence electrons. The summed E-state index contributed by atoms with van der Waals surface area (Å²) < 4.78 is 10.7. The van der Waals surface area contributed by atoms with Gasteiger partial charge in [-0.25, -0.2) is 0 Å². The van der Waals surface area contributed by atoms with E-state index >= 15 is 0 Å². The molecule has 1 aliphatic heterocycles. The number of amides is 1. The van der Waals surface area contributed by atoms with E-state index in [1.54, 1.807) is 18.7 Å². The van der Waals surface area contributed by atoms with Gasteiger partial charge in [0, 0.05) is 13.1 Å². The Bertz CT molecular complexity index is 495. The second-order valence-electron chi connectivity index (χ2n) is 5.42. The van der Waals surface area contributed by atoms with Crippen LogP contribution in [-0.2, 0) is 14.3 Å². The lowest BCUT2D eigenvalue weighted by Crippen LogP contribution is -2.45. The summed E-state index contributed by atoms with van der Waals surface area (Å²) in [4.78, 5) is 25.9. The van der Waals surface area contributed by atoms with Crippen LogP contribution >= 0.6 is 0 Å². The molecule has 1 aliphatic rings. The van der Waals surface area contributed by atoms with Gasteiger partial charge in [0.2, 0.25) is 0 Å². The summed E-state index contributed by atoms with van der Waals surface area (Å²) >= 11 is 0. The van der Waals surface area contributed by atoms with Gasteiger partial charge in [-0.05, 0) is 38.8 Å². The molecule has 1 atom stereocenters. The minimum absolute atomic E-state index is 0.0360. The molecular formula is C17H23NO4. The molecule has 0 unspecified atom stereocenters. The van der Waals surface area contributed by atoms with Crippen molar-refractivity contribution in [2.45, 2.75) is 32.8 Å². The normalized spacial score (nSPS) is 16.9. The van der Waals surface area contributed by atoms with Crippen molar-refractivity contribution in [2.24, 2.45) is 5.92 Å². The Hall–Kier alpha value is -2.04. The fraction of sp³-hybridized carbons (Fsp3) is 0.529. The lowest BCUT2D eigenvalue weighted by Gasteiger charge is -2.32. The lowest BCUT2D eigenvalue weighted by atomic mass is 9.97. The number of ether oxygens (including phenoxy) is 2. The van der Waals surface area contributed by atoms with Gasteiger partial charge in [0.1, 0.15) is 5.75 Å². The number of piperidine rings is 1. The van der Waals surface area contributed by atoms with E-state index in [2.05, 4.69) is 0 Å². The number of carbonyl (C=O) groups is 2.